The molecule has 3 aliphatic rings. The number of nitrogens with zero attached hydrogens (tertiary/aromatic N) is 3. The molecule has 2 unspecified atom stereocenters. The fourth-order valence-electron chi connectivity index (χ4n) is 8.58. The number of nitrogens with one attached hydrogen (secondary N) is 3. The lowest BCUT2D eigenvalue weighted by atomic mass is 9.85. The highest BCUT2D eigenvalue weighted by atomic mass is 35.5. The van der Waals surface area contributed by atoms with Gasteiger partial charge in [0.05, 0.1) is 9.90 Å². The Balaban J connectivity index is 0.978. The zero-order chi connectivity index (χ0) is 50.9. The van der Waals surface area contributed by atoms with E-state index in [-0.39, 0.29) is 84.7 Å². The number of halogens is 4. The van der Waals surface area contributed by atoms with Crippen LogP contribution in [0, 0.1) is 23.1 Å². The molecule has 3 aliphatic heterocycles. The number of alkyl halides is 2. The first-order chi connectivity index (χ1) is 33.0. The number of imide groups is 1. The van der Waals surface area contributed by atoms with Crippen LogP contribution in [0.25, 0.3) is 10.1 Å². The van der Waals surface area contributed by atoms with E-state index >= 15 is 0 Å². The quantitative estimate of drug-likeness (QED) is 0.0417. The van der Waals surface area contributed by atoms with E-state index < -0.39 is 77.7 Å². The Hall–Kier alpha value is -6.10. The summed E-state index contributed by atoms with van der Waals surface area (Å²) in [4.78, 5) is 116. The average molecular weight is 1030 g/mol. The van der Waals surface area contributed by atoms with E-state index in [9.17, 15) is 61.1 Å². The van der Waals surface area contributed by atoms with E-state index in [1.54, 1.807) is 39.0 Å². The van der Waals surface area contributed by atoms with Crippen LogP contribution in [0.1, 0.15) is 102 Å². The third-order valence-corrected chi connectivity index (χ3v) is 14.7. The molecular formula is C48H49ClF3N6O10PS. The third kappa shape index (κ3) is 11.1. The van der Waals surface area contributed by atoms with Crippen LogP contribution in [-0.2, 0) is 40.7 Å². The number of rotatable bonds is 14. The number of amides is 7. The van der Waals surface area contributed by atoms with Gasteiger partial charge in [-0.15, -0.1) is 11.3 Å². The van der Waals surface area contributed by atoms with Gasteiger partial charge in [0.2, 0.25) is 29.5 Å². The standard InChI is InChI=1S/C48H49ClF3N6O10PS/c1-47(2,3)41(55-43(62)38-24-28-23-29(13-17-37(28)70-38)48(51,52)69(66,67)68)46(65)57-21-8-12-36(57)45(64)56(30-14-15-33(49)34(50)25-30)22-19-39(59)53-20-6-4-5-9-27-10-7-11-31-32(27)26-58(44(31)63)35-16-18-40(60)54-42(35)61/h7,10-11,13-15,17,23-25,35-36,41H,4,6,8,12,16,18-22,26H2,1-3H3,(H,53,59)(H,55,62)(H,54,60,61)(H2,66,67,68)/t35?,36-,41?/m0/s1. The maximum absolute atomic E-state index is 14.9. The summed E-state index contributed by atoms with van der Waals surface area (Å²) in [6.07, 6.45) is 1.62. The highest BCUT2D eigenvalue weighted by molar-refractivity contribution is 7.52. The molecule has 16 nitrogen and oxygen atoms in total. The number of hydrogen-bond acceptors (Lipinski definition) is 9. The summed E-state index contributed by atoms with van der Waals surface area (Å²) in [5.41, 5.74) is -4.48. The number of thiophene rings is 1. The molecule has 70 heavy (non-hydrogen) atoms. The van der Waals surface area contributed by atoms with Gasteiger partial charge in [-0.1, -0.05) is 56.3 Å². The van der Waals surface area contributed by atoms with Crippen molar-refractivity contribution in [1.82, 2.24) is 25.8 Å². The number of hydrogen-bond donors (Lipinski definition) is 5. The van der Waals surface area contributed by atoms with Crippen LogP contribution in [0.5, 0.6) is 0 Å². The molecule has 0 radical (unpaired) electrons. The molecule has 7 rings (SSSR count). The van der Waals surface area contributed by atoms with Crippen molar-refractivity contribution in [2.24, 2.45) is 5.41 Å². The van der Waals surface area contributed by atoms with E-state index in [0.717, 1.165) is 29.5 Å². The molecule has 22 heteroatoms. The summed E-state index contributed by atoms with van der Waals surface area (Å²) < 4.78 is 55.7. The lowest BCUT2D eigenvalue weighted by molar-refractivity contribution is -0.141. The summed E-state index contributed by atoms with van der Waals surface area (Å²) in [5.74, 6) is 1.80. The van der Waals surface area contributed by atoms with Crippen LogP contribution >= 0.6 is 30.5 Å². The maximum atomic E-state index is 14.9. The van der Waals surface area contributed by atoms with Crippen molar-refractivity contribution in [3.05, 3.63) is 98.6 Å². The van der Waals surface area contributed by atoms with Gasteiger partial charge in [0, 0.05) is 72.5 Å². The summed E-state index contributed by atoms with van der Waals surface area (Å²) in [5, 5.41) is 7.76. The maximum Gasteiger partial charge on any atom is 0.399 e. The van der Waals surface area contributed by atoms with Crippen molar-refractivity contribution in [1.29, 1.82) is 0 Å². The number of fused-ring (bicyclic) bond motifs is 2. The first-order valence-electron chi connectivity index (χ1n) is 22.3. The highest BCUT2D eigenvalue weighted by Gasteiger charge is 2.50. The normalized spacial score (nSPS) is 17.7. The number of carbonyl (C=O) groups is 7. The van der Waals surface area contributed by atoms with Crippen molar-refractivity contribution in [3.63, 3.8) is 0 Å². The van der Waals surface area contributed by atoms with Gasteiger partial charge in [0.1, 0.15) is 23.9 Å². The Labute approximate surface area is 409 Å². The zero-order valence-electron chi connectivity index (χ0n) is 38.2. The lowest BCUT2D eigenvalue weighted by Crippen LogP contribution is -2.58. The molecule has 0 aliphatic carbocycles. The number of carbonyl (C=O) groups excluding carboxylic acids is 7. The fraction of sp³-hybridized carbons (Fsp3) is 0.396. The van der Waals surface area contributed by atoms with E-state index in [2.05, 4.69) is 27.8 Å². The first-order valence-corrected chi connectivity index (χ1v) is 25.1. The van der Waals surface area contributed by atoms with Crippen LogP contribution in [0.15, 0.2) is 60.7 Å². The minimum absolute atomic E-state index is 0.0280. The van der Waals surface area contributed by atoms with Crippen molar-refractivity contribution < 1.29 is 61.1 Å². The molecule has 0 bridgehead atoms. The van der Waals surface area contributed by atoms with Crippen LogP contribution in [-0.4, -0.2) is 98.7 Å². The summed E-state index contributed by atoms with van der Waals surface area (Å²) in [6.45, 7) is 5.45. The highest BCUT2D eigenvalue weighted by Crippen LogP contribution is 2.59. The van der Waals surface area contributed by atoms with Crippen molar-refractivity contribution in [2.45, 2.75) is 96.1 Å². The van der Waals surface area contributed by atoms with E-state index in [1.807, 2.05) is 0 Å². The van der Waals surface area contributed by atoms with Gasteiger partial charge < -0.3 is 35.1 Å². The van der Waals surface area contributed by atoms with E-state index in [4.69, 9.17) is 11.6 Å². The average Bonchev–Trinajstić information content (AvgIpc) is 4.05. The van der Waals surface area contributed by atoms with Gasteiger partial charge in [0.15, 0.2) is 0 Å². The van der Waals surface area contributed by atoms with Gasteiger partial charge in [0.25, 0.3) is 11.8 Å². The molecule has 2 fully saturated rings. The van der Waals surface area contributed by atoms with Gasteiger partial charge in [-0.3, -0.25) is 43.4 Å². The SMILES string of the molecule is CC(C)(C)C(NC(=O)c1cc2cc(C(F)(F)P(=O)(O)O)ccc2s1)C(=O)N1CCC[C@H]1C(=O)N(CCC(=O)NCCCC#Cc1cccc2c1CN(C1CCC(=O)NC1=O)C2=O)c1ccc(Cl)c(F)c1. The summed E-state index contributed by atoms with van der Waals surface area (Å²) in [7, 11) is -5.85. The minimum Gasteiger partial charge on any atom is -0.356 e. The van der Waals surface area contributed by atoms with Gasteiger partial charge in [-0.2, -0.15) is 8.78 Å². The number of benzene rings is 3. The van der Waals surface area contributed by atoms with Crippen LogP contribution in [0.4, 0.5) is 18.9 Å². The first kappa shape index (κ1) is 51.7. The monoisotopic (exact) mass is 1020 g/mol. The Morgan fingerprint density at radius 1 is 1.04 bits per heavy atom. The smallest absolute Gasteiger partial charge is 0.356 e. The molecule has 5 N–H and O–H groups in total. The molecule has 4 heterocycles. The Morgan fingerprint density at radius 3 is 2.50 bits per heavy atom. The summed E-state index contributed by atoms with van der Waals surface area (Å²) >= 11 is 6.90. The summed E-state index contributed by atoms with van der Waals surface area (Å²) in [6, 6.07) is 10.1. The molecule has 1 aromatic heterocycles. The molecule has 3 aromatic carbocycles. The van der Waals surface area contributed by atoms with Gasteiger partial charge in [-0.05, 0) is 90.6 Å². The molecule has 7 amide bonds. The van der Waals surface area contributed by atoms with Crippen LogP contribution in [0.2, 0.25) is 5.02 Å². The van der Waals surface area contributed by atoms with Crippen LogP contribution < -0.4 is 20.9 Å². The van der Waals surface area contributed by atoms with Crippen molar-refractivity contribution in [2.75, 3.05) is 24.5 Å². The lowest BCUT2D eigenvalue weighted by Gasteiger charge is -2.36. The molecule has 4 aromatic rings. The minimum atomic E-state index is -5.85. The van der Waals surface area contributed by atoms with Crippen molar-refractivity contribution >= 4 is 87.7 Å². The molecule has 3 atom stereocenters. The molecule has 370 valence electrons. The van der Waals surface area contributed by atoms with Gasteiger partial charge in [-0.25, -0.2) is 4.39 Å². The van der Waals surface area contributed by atoms with E-state index in [0.29, 0.717) is 40.7 Å². The largest absolute Gasteiger partial charge is 0.399 e. The predicted molar refractivity (Wildman–Crippen MR) is 253 cm³/mol. The molecule has 2 saturated heterocycles. The number of anilines is 1. The predicted octanol–water partition coefficient (Wildman–Crippen LogP) is 6.19. The topological polar surface area (TPSA) is 223 Å². The number of likely N-dealkylation sites (tertiary alicyclic amines) is 1. The molecule has 0 spiro atoms. The Morgan fingerprint density at radius 2 is 1.80 bits per heavy atom. The Bertz CT molecular complexity index is 2910. The second-order valence-corrected chi connectivity index (χ2v) is 21.4. The molecule has 0 saturated carbocycles. The second kappa shape index (κ2) is 20.7. The number of piperidine rings is 1. The Kier molecular flexibility index (Phi) is 15.3. The van der Waals surface area contributed by atoms with Crippen LogP contribution in [0.3, 0.4) is 0 Å². The fourth-order valence-corrected chi connectivity index (χ4v) is 10.1. The molecular weight excluding hydrogens is 976 g/mol. The number of unbranched alkanes of at least 4 members (excludes halogenated alkanes) is 1. The zero-order valence-corrected chi connectivity index (χ0v) is 40.6. The second-order valence-electron chi connectivity index (χ2n) is 18.2. The third-order valence-electron chi connectivity index (χ3n) is 12.3. The van der Waals surface area contributed by atoms with E-state index in [1.165, 1.54) is 39.0 Å². The van der Waals surface area contributed by atoms with Crippen molar-refractivity contribution in [3.8, 4) is 11.8 Å². The van der Waals surface area contributed by atoms with Gasteiger partial charge >= 0.3 is 13.3 Å².